The fraction of sp³-hybridized carbons (Fsp3) is 0.481. The van der Waals surface area contributed by atoms with E-state index in [2.05, 4.69) is 10.6 Å². The van der Waals surface area contributed by atoms with Gasteiger partial charge in [-0.25, -0.2) is 0 Å². The van der Waals surface area contributed by atoms with Crippen LogP contribution in [0.25, 0.3) is 0 Å². The van der Waals surface area contributed by atoms with Crippen molar-refractivity contribution in [2.24, 2.45) is 23.2 Å². The van der Waals surface area contributed by atoms with E-state index >= 15 is 0 Å². The zero-order chi connectivity index (χ0) is 21.3. The van der Waals surface area contributed by atoms with Crippen LogP contribution < -0.4 is 10.6 Å². The molecule has 2 amide bonds. The van der Waals surface area contributed by atoms with Gasteiger partial charge in [-0.15, -0.1) is 0 Å². The molecule has 4 bridgehead atoms. The minimum absolute atomic E-state index is 0.0264. The molecule has 4 aliphatic carbocycles. The highest BCUT2D eigenvalue weighted by atomic mass is 16.2. The van der Waals surface area contributed by atoms with E-state index in [4.69, 9.17) is 0 Å². The van der Waals surface area contributed by atoms with E-state index in [1.165, 1.54) is 19.3 Å². The van der Waals surface area contributed by atoms with Crippen molar-refractivity contribution in [3.8, 4) is 0 Å². The Morgan fingerprint density at radius 3 is 1.68 bits per heavy atom. The highest BCUT2D eigenvalue weighted by Crippen LogP contribution is 2.60. The van der Waals surface area contributed by atoms with Crippen molar-refractivity contribution in [2.75, 3.05) is 13.1 Å². The summed E-state index contributed by atoms with van der Waals surface area (Å²) in [5, 5.41) is 6.22. The largest absolute Gasteiger partial charge is 0.354 e. The summed E-state index contributed by atoms with van der Waals surface area (Å²) in [5.74, 6) is 2.13. The first-order valence-corrected chi connectivity index (χ1v) is 11.8. The zero-order valence-corrected chi connectivity index (χ0v) is 18.1. The van der Waals surface area contributed by atoms with E-state index in [0.29, 0.717) is 13.1 Å². The molecule has 0 saturated heterocycles. The number of nitrogens with one attached hydrogen (secondary N) is 2. The van der Waals surface area contributed by atoms with Gasteiger partial charge >= 0.3 is 0 Å². The van der Waals surface area contributed by atoms with Crippen molar-refractivity contribution in [1.29, 1.82) is 0 Å². The zero-order valence-electron chi connectivity index (χ0n) is 18.1. The van der Waals surface area contributed by atoms with Crippen molar-refractivity contribution in [3.05, 3.63) is 71.8 Å². The molecule has 4 fully saturated rings. The van der Waals surface area contributed by atoms with Crippen molar-refractivity contribution < 1.29 is 9.59 Å². The monoisotopic (exact) mass is 416 g/mol. The average molecular weight is 417 g/mol. The van der Waals surface area contributed by atoms with Gasteiger partial charge in [0.2, 0.25) is 11.8 Å². The van der Waals surface area contributed by atoms with Gasteiger partial charge in [0.1, 0.15) is 0 Å². The number of benzene rings is 2. The first-order chi connectivity index (χ1) is 15.1. The quantitative estimate of drug-likeness (QED) is 0.663. The van der Waals surface area contributed by atoms with Crippen molar-refractivity contribution in [3.63, 3.8) is 0 Å². The number of carbonyl (C=O) groups is 2. The van der Waals surface area contributed by atoms with Crippen LogP contribution in [0.15, 0.2) is 60.7 Å². The van der Waals surface area contributed by atoms with Gasteiger partial charge in [-0.05, 0) is 67.4 Å². The van der Waals surface area contributed by atoms with Crippen LogP contribution in [0.1, 0.15) is 55.6 Å². The maximum atomic E-state index is 13.1. The molecule has 2 aromatic carbocycles. The molecule has 4 nitrogen and oxygen atoms in total. The van der Waals surface area contributed by atoms with Gasteiger partial charge in [-0.2, -0.15) is 0 Å². The number of carbonyl (C=O) groups excluding carboxylic acids is 2. The van der Waals surface area contributed by atoms with Crippen molar-refractivity contribution in [1.82, 2.24) is 10.6 Å². The molecule has 0 aliphatic heterocycles. The molecule has 31 heavy (non-hydrogen) atoms. The Morgan fingerprint density at radius 1 is 0.742 bits per heavy atom. The van der Waals surface area contributed by atoms with Gasteiger partial charge in [-0.1, -0.05) is 60.7 Å². The normalized spacial score (nSPS) is 28.5. The van der Waals surface area contributed by atoms with Gasteiger partial charge in [-0.3, -0.25) is 9.59 Å². The Labute approximate surface area is 184 Å². The molecule has 4 aliphatic rings. The van der Waals surface area contributed by atoms with E-state index in [1.54, 1.807) is 0 Å². The SMILES string of the molecule is O=C(NCCNC(=O)C12CC3CC(CC(C3)C1)C2)C(c1ccccc1)c1ccccc1. The van der Waals surface area contributed by atoms with E-state index < -0.39 is 0 Å². The van der Waals surface area contributed by atoms with Crippen LogP contribution in [-0.4, -0.2) is 24.9 Å². The Kier molecular flexibility index (Phi) is 5.56. The second kappa shape index (κ2) is 8.49. The van der Waals surface area contributed by atoms with Crippen LogP contribution in [0.5, 0.6) is 0 Å². The summed E-state index contributed by atoms with van der Waals surface area (Å²) >= 11 is 0. The Hall–Kier alpha value is -2.62. The molecule has 162 valence electrons. The minimum Gasteiger partial charge on any atom is -0.354 e. The third kappa shape index (κ3) is 4.13. The van der Waals surface area contributed by atoms with E-state index in [0.717, 1.165) is 48.1 Å². The highest BCUT2D eigenvalue weighted by Gasteiger charge is 2.54. The van der Waals surface area contributed by atoms with Gasteiger partial charge in [0.15, 0.2) is 0 Å². The van der Waals surface area contributed by atoms with Crippen LogP contribution in [0.2, 0.25) is 0 Å². The first-order valence-electron chi connectivity index (χ1n) is 11.8. The van der Waals surface area contributed by atoms with Crippen molar-refractivity contribution >= 4 is 11.8 Å². The fourth-order valence-electron chi connectivity index (χ4n) is 6.83. The number of hydrogen-bond acceptors (Lipinski definition) is 2. The molecule has 2 N–H and O–H groups in total. The lowest BCUT2D eigenvalue weighted by Crippen LogP contribution is -2.54. The molecular weight excluding hydrogens is 384 g/mol. The predicted molar refractivity (Wildman–Crippen MR) is 121 cm³/mol. The molecule has 4 heteroatoms. The van der Waals surface area contributed by atoms with E-state index in [-0.39, 0.29) is 23.1 Å². The molecule has 0 spiro atoms. The summed E-state index contributed by atoms with van der Waals surface area (Å²) in [7, 11) is 0. The smallest absolute Gasteiger partial charge is 0.232 e. The maximum Gasteiger partial charge on any atom is 0.232 e. The second-order valence-corrected chi connectivity index (χ2v) is 10.00. The van der Waals surface area contributed by atoms with Gasteiger partial charge in [0.25, 0.3) is 0 Å². The number of hydrogen-bond donors (Lipinski definition) is 2. The number of rotatable bonds is 7. The van der Waals surface area contributed by atoms with Gasteiger partial charge < -0.3 is 10.6 Å². The van der Waals surface area contributed by atoms with Gasteiger partial charge in [0.05, 0.1) is 5.92 Å². The van der Waals surface area contributed by atoms with Gasteiger partial charge in [0, 0.05) is 18.5 Å². The fourth-order valence-corrected chi connectivity index (χ4v) is 6.83. The van der Waals surface area contributed by atoms with Crippen LogP contribution in [0.4, 0.5) is 0 Å². The molecule has 0 radical (unpaired) electrons. The third-order valence-electron chi connectivity index (χ3n) is 7.76. The first kappa shape index (κ1) is 20.3. The van der Waals surface area contributed by atoms with Crippen molar-refractivity contribution in [2.45, 2.75) is 44.4 Å². The highest BCUT2D eigenvalue weighted by molar-refractivity contribution is 5.87. The van der Waals surface area contributed by atoms with Crippen LogP contribution in [0, 0.1) is 23.2 Å². The van der Waals surface area contributed by atoms with Crippen LogP contribution in [-0.2, 0) is 9.59 Å². The third-order valence-corrected chi connectivity index (χ3v) is 7.76. The summed E-state index contributed by atoms with van der Waals surface area (Å²) in [6, 6.07) is 19.7. The van der Waals surface area contributed by atoms with Crippen LogP contribution in [0.3, 0.4) is 0 Å². The molecule has 6 rings (SSSR count). The second-order valence-electron chi connectivity index (χ2n) is 10.00. The van der Waals surface area contributed by atoms with E-state index in [9.17, 15) is 9.59 Å². The lowest BCUT2D eigenvalue weighted by atomic mass is 9.49. The summed E-state index contributed by atoms with van der Waals surface area (Å²) in [6.45, 7) is 0.940. The topological polar surface area (TPSA) is 58.2 Å². The molecular formula is C27H32N2O2. The molecule has 0 aromatic heterocycles. The molecule has 0 atom stereocenters. The lowest BCUT2D eigenvalue weighted by molar-refractivity contribution is -0.146. The minimum atomic E-state index is -0.346. The summed E-state index contributed by atoms with van der Waals surface area (Å²) in [4.78, 5) is 26.2. The molecule has 0 heterocycles. The molecule has 2 aromatic rings. The number of amides is 2. The maximum absolute atomic E-state index is 13.1. The Morgan fingerprint density at radius 2 is 1.19 bits per heavy atom. The molecule has 0 unspecified atom stereocenters. The molecule has 4 saturated carbocycles. The lowest BCUT2D eigenvalue weighted by Gasteiger charge is -2.55. The summed E-state index contributed by atoms with van der Waals surface area (Å²) in [6.07, 6.45) is 7.22. The Bertz CT molecular complexity index is 850. The predicted octanol–water partition coefficient (Wildman–Crippen LogP) is 4.27. The average Bonchev–Trinajstić information content (AvgIpc) is 2.77. The summed E-state index contributed by atoms with van der Waals surface area (Å²) in [5.41, 5.74) is 1.82. The van der Waals surface area contributed by atoms with E-state index in [1.807, 2.05) is 60.7 Å². The van der Waals surface area contributed by atoms with Crippen LogP contribution >= 0.6 is 0 Å². The standard InChI is InChI=1S/C27H32N2O2/c30-25(24(22-7-3-1-4-8-22)23-9-5-2-6-10-23)28-11-12-29-26(31)27-16-19-13-20(17-27)15-21(14-19)18-27/h1-10,19-21,24H,11-18H2,(H,28,30)(H,29,31). The Balaban J connectivity index is 1.18. The summed E-state index contributed by atoms with van der Waals surface area (Å²) < 4.78 is 0.